The maximum Gasteiger partial charge on any atom is 0.0406 e. The third-order valence-corrected chi connectivity index (χ3v) is 0.408. The molecule has 0 unspecified atom stereocenters. The minimum Gasteiger partial charge on any atom is -0.396 e. The van der Waals surface area contributed by atoms with Gasteiger partial charge >= 0.3 is 0 Å². The third kappa shape index (κ3) is 8.82. The van der Waals surface area contributed by atoms with Gasteiger partial charge in [-0.2, -0.15) is 6.42 Å². The molecule has 6 heavy (non-hydrogen) atoms. The van der Waals surface area contributed by atoms with E-state index in [1.165, 1.54) is 0 Å². The van der Waals surface area contributed by atoms with Crippen molar-refractivity contribution in [2.75, 3.05) is 6.61 Å². The molecule has 34 valence electrons. The van der Waals surface area contributed by atoms with Crippen molar-refractivity contribution in [2.45, 2.75) is 12.8 Å². The molecule has 1 nitrogen and oxygen atoms in total. The molecule has 0 aliphatic heterocycles. The van der Waals surface area contributed by atoms with Crippen LogP contribution in [-0.4, -0.2) is 11.7 Å². The topological polar surface area (TPSA) is 20.2 Å². The van der Waals surface area contributed by atoms with E-state index >= 15 is 0 Å². The Morgan fingerprint density at radius 2 is 2.00 bits per heavy atom. The van der Waals surface area contributed by atoms with Crippen molar-refractivity contribution in [3.63, 3.8) is 0 Å². The molecule has 0 aromatic rings. The minimum absolute atomic E-state index is 0. The zero-order chi connectivity index (χ0) is 4.12. The molecule has 0 aromatic carbocycles. The molecule has 0 aliphatic carbocycles. The fourth-order valence-electron chi connectivity index (χ4n) is 0.112. The average Bonchev–Trinajstić information content (AvgIpc) is 1.41. The van der Waals surface area contributed by atoms with Crippen LogP contribution in [0.15, 0.2) is 0 Å². The maximum absolute atomic E-state index is 8.03. The summed E-state index contributed by atoms with van der Waals surface area (Å²) in [6.45, 7) is 3.80. The van der Waals surface area contributed by atoms with Crippen molar-refractivity contribution in [2.24, 2.45) is 0 Å². The third-order valence-electron chi connectivity index (χ3n) is 0.408. The number of unbranched alkanes of at least 4 members (excludes halogenated alkanes) is 1. The second-order valence-corrected chi connectivity index (χ2v) is 0.931. The first-order valence-corrected chi connectivity index (χ1v) is 1.82. The molecule has 0 fully saturated rings. The SMILES string of the molecule is [CH2-]CCCO.[Zn]. The molecule has 0 saturated carbocycles. The van der Waals surface area contributed by atoms with E-state index in [0.717, 1.165) is 12.8 Å². The van der Waals surface area contributed by atoms with Crippen molar-refractivity contribution >= 4 is 0 Å². The molecule has 0 aromatic heterocycles. The van der Waals surface area contributed by atoms with E-state index in [9.17, 15) is 0 Å². The molecule has 0 spiro atoms. The van der Waals surface area contributed by atoms with Gasteiger partial charge in [-0.15, -0.1) is 0 Å². The van der Waals surface area contributed by atoms with Crippen molar-refractivity contribution in [3.8, 4) is 0 Å². The molecule has 0 atom stereocenters. The summed E-state index contributed by atoms with van der Waals surface area (Å²) in [6.07, 6.45) is 1.68. The molecule has 1 N–H and O–H groups in total. The number of hydrogen-bond acceptors (Lipinski definition) is 1. The van der Waals surface area contributed by atoms with Crippen LogP contribution in [0.5, 0.6) is 0 Å². The summed E-state index contributed by atoms with van der Waals surface area (Å²) in [6, 6.07) is 0. The Hall–Kier alpha value is 0.583. The summed E-state index contributed by atoms with van der Waals surface area (Å²) in [4.78, 5) is 0. The zero-order valence-electron chi connectivity index (χ0n) is 3.98. The van der Waals surface area contributed by atoms with Gasteiger partial charge in [0.1, 0.15) is 0 Å². The summed E-state index contributed by atoms with van der Waals surface area (Å²) in [7, 11) is 0. The normalized spacial score (nSPS) is 7.00. The quantitative estimate of drug-likeness (QED) is 0.438. The number of hydrogen-bond donors (Lipinski definition) is 1. The Labute approximate surface area is 51.5 Å². The van der Waals surface area contributed by atoms with Crippen molar-refractivity contribution in [3.05, 3.63) is 6.92 Å². The monoisotopic (exact) mass is 137 g/mol. The molecule has 0 aliphatic rings. The molecule has 0 heterocycles. The molecular formula is C4H9OZn-. The first kappa shape index (κ1) is 9.77. The van der Waals surface area contributed by atoms with E-state index < -0.39 is 0 Å². The fourth-order valence-corrected chi connectivity index (χ4v) is 0.112. The van der Waals surface area contributed by atoms with Gasteiger partial charge < -0.3 is 12.0 Å². The molecule has 2 heteroatoms. The van der Waals surface area contributed by atoms with Crippen LogP contribution in [0.2, 0.25) is 0 Å². The summed E-state index contributed by atoms with van der Waals surface area (Å²) in [5, 5.41) is 8.03. The number of aliphatic hydroxyl groups excluding tert-OH is 1. The van der Waals surface area contributed by atoms with Crippen molar-refractivity contribution < 1.29 is 24.6 Å². The van der Waals surface area contributed by atoms with Crippen LogP contribution in [0, 0.1) is 6.92 Å². The van der Waals surface area contributed by atoms with Gasteiger partial charge in [0, 0.05) is 26.1 Å². The van der Waals surface area contributed by atoms with Gasteiger partial charge in [-0.1, -0.05) is 6.42 Å². The Balaban J connectivity index is 0. The summed E-state index contributed by atoms with van der Waals surface area (Å²) < 4.78 is 0. The van der Waals surface area contributed by atoms with Gasteiger partial charge in [-0.05, 0) is 0 Å². The maximum atomic E-state index is 8.03. The van der Waals surface area contributed by atoms with Crippen LogP contribution < -0.4 is 0 Å². The smallest absolute Gasteiger partial charge is 0.0406 e. The van der Waals surface area contributed by atoms with Crippen LogP contribution in [-0.2, 0) is 19.5 Å². The minimum atomic E-state index is 0. The van der Waals surface area contributed by atoms with Crippen LogP contribution in [0.25, 0.3) is 0 Å². The van der Waals surface area contributed by atoms with Crippen molar-refractivity contribution in [1.29, 1.82) is 0 Å². The van der Waals surface area contributed by atoms with Crippen LogP contribution in [0.4, 0.5) is 0 Å². The van der Waals surface area contributed by atoms with Crippen LogP contribution in [0.3, 0.4) is 0 Å². The molecule has 0 radical (unpaired) electrons. The number of rotatable bonds is 2. The second-order valence-electron chi connectivity index (χ2n) is 0.931. The Kier molecular flexibility index (Phi) is 14.9. The van der Waals surface area contributed by atoms with Crippen molar-refractivity contribution in [1.82, 2.24) is 0 Å². The Morgan fingerprint density at radius 3 is 2.00 bits per heavy atom. The molecule has 0 rings (SSSR count). The summed E-state index contributed by atoms with van der Waals surface area (Å²) >= 11 is 0. The van der Waals surface area contributed by atoms with Gasteiger partial charge in [0.05, 0.1) is 0 Å². The average molecular weight is 139 g/mol. The Morgan fingerprint density at radius 1 is 1.50 bits per heavy atom. The van der Waals surface area contributed by atoms with E-state index in [4.69, 9.17) is 5.11 Å². The summed E-state index contributed by atoms with van der Waals surface area (Å²) in [5.41, 5.74) is 0. The van der Waals surface area contributed by atoms with E-state index in [1.54, 1.807) is 0 Å². The first-order valence-electron chi connectivity index (χ1n) is 1.82. The van der Waals surface area contributed by atoms with Gasteiger partial charge in [0.15, 0.2) is 0 Å². The predicted octanol–water partition coefficient (Wildman–Crippen LogP) is 0.590. The van der Waals surface area contributed by atoms with Gasteiger partial charge in [-0.25, -0.2) is 0 Å². The van der Waals surface area contributed by atoms with E-state index in [1.807, 2.05) is 0 Å². The van der Waals surface area contributed by atoms with E-state index in [2.05, 4.69) is 6.92 Å². The molecule has 0 bridgehead atoms. The van der Waals surface area contributed by atoms with E-state index in [-0.39, 0.29) is 26.1 Å². The number of aliphatic hydroxyl groups is 1. The zero-order valence-corrected chi connectivity index (χ0v) is 6.95. The molecule has 0 amide bonds. The van der Waals surface area contributed by atoms with Gasteiger partial charge in [0.2, 0.25) is 0 Å². The standard InChI is InChI=1S/C4H9O.Zn/c1-2-3-4-5;/h5H,1-4H2;/q-1;. The van der Waals surface area contributed by atoms with Crippen LogP contribution >= 0.6 is 0 Å². The summed E-state index contributed by atoms with van der Waals surface area (Å²) in [5.74, 6) is 0. The van der Waals surface area contributed by atoms with E-state index in [0.29, 0.717) is 0 Å². The largest absolute Gasteiger partial charge is 0.396 e. The first-order chi connectivity index (χ1) is 2.41. The van der Waals surface area contributed by atoms with Crippen LogP contribution in [0.1, 0.15) is 12.8 Å². The Bertz CT molecular complexity index is 15.0. The fraction of sp³-hybridized carbons (Fsp3) is 0.750. The molecule has 0 saturated heterocycles. The second kappa shape index (κ2) is 9.13. The van der Waals surface area contributed by atoms with Gasteiger partial charge in [-0.3, -0.25) is 0 Å². The molecular weight excluding hydrogens is 129 g/mol. The predicted molar refractivity (Wildman–Crippen MR) is 21.7 cm³/mol. The van der Waals surface area contributed by atoms with Gasteiger partial charge in [0.25, 0.3) is 0 Å².